The number of hydrogen-bond acceptors (Lipinski definition) is 5. The number of carbonyl (C=O) groups excluding carboxylic acids is 1. The van der Waals surface area contributed by atoms with Gasteiger partial charge in [0.15, 0.2) is 0 Å². The van der Waals surface area contributed by atoms with Crippen LogP contribution in [-0.2, 0) is 4.79 Å². The second-order valence-corrected chi connectivity index (χ2v) is 7.35. The van der Waals surface area contributed by atoms with E-state index >= 15 is 0 Å². The highest BCUT2D eigenvalue weighted by Crippen LogP contribution is 2.32. The summed E-state index contributed by atoms with van der Waals surface area (Å²) in [4.78, 5) is 19.7. The summed E-state index contributed by atoms with van der Waals surface area (Å²) in [5.41, 5.74) is 2.44. The normalized spacial score (nSPS) is 14.5. The van der Waals surface area contributed by atoms with E-state index in [-0.39, 0.29) is 11.6 Å². The lowest BCUT2D eigenvalue weighted by atomic mass is 10.1. The summed E-state index contributed by atoms with van der Waals surface area (Å²) in [6.07, 6.45) is 1.71. The maximum atomic E-state index is 13.4. The van der Waals surface area contributed by atoms with Crippen molar-refractivity contribution in [3.05, 3.63) is 88.6 Å². The van der Waals surface area contributed by atoms with Crippen molar-refractivity contribution < 1.29 is 19.0 Å². The quantitative estimate of drug-likeness (QED) is 0.486. The average molecular weight is 449 g/mol. The number of halogens is 1. The van der Waals surface area contributed by atoms with Crippen molar-refractivity contribution in [2.75, 3.05) is 26.2 Å². The van der Waals surface area contributed by atoms with E-state index in [2.05, 4.69) is 4.99 Å². The van der Waals surface area contributed by atoms with Crippen molar-refractivity contribution in [2.45, 2.75) is 0 Å². The van der Waals surface area contributed by atoms with Gasteiger partial charge in [0.2, 0.25) is 0 Å². The van der Waals surface area contributed by atoms with Crippen molar-refractivity contribution in [3.8, 4) is 17.2 Å². The van der Waals surface area contributed by atoms with Gasteiger partial charge in [0.05, 0.1) is 27.0 Å². The van der Waals surface area contributed by atoms with Gasteiger partial charge in [0.25, 0.3) is 5.91 Å². The van der Waals surface area contributed by atoms with Gasteiger partial charge in [-0.3, -0.25) is 9.69 Å². The van der Waals surface area contributed by atoms with E-state index in [0.717, 1.165) is 11.3 Å². The molecule has 3 aromatic rings. The van der Waals surface area contributed by atoms with Gasteiger partial charge in [0, 0.05) is 22.2 Å². The lowest BCUT2D eigenvalue weighted by molar-refractivity contribution is -0.113. The van der Waals surface area contributed by atoms with Crippen LogP contribution in [0.5, 0.6) is 17.2 Å². The predicted molar refractivity (Wildman–Crippen MR) is 126 cm³/mol. The van der Waals surface area contributed by atoms with Crippen LogP contribution in [0.3, 0.4) is 0 Å². The van der Waals surface area contributed by atoms with Crippen molar-refractivity contribution in [1.82, 2.24) is 0 Å². The molecule has 0 atom stereocenters. The number of hydrogen-bond donors (Lipinski definition) is 0. The summed E-state index contributed by atoms with van der Waals surface area (Å²) < 4.78 is 16.0. The Balaban J connectivity index is 1.81. The zero-order valence-corrected chi connectivity index (χ0v) is 18.6. The number of amides is 1. The molecule has 7 heteroatoms. The average Bonchev–Trinajstić information content (AvgIpc) is 3.15. The number of methoxy groups -OCH3 is 3. The van der Waals surface area contributed by atoms with Crippen LogP contribution < -0.4 is 19.1 Å². The fourth-order valence-electron chi connectivity index (χ4n) is 3.37. The Kier molecular flexibility index (Phi) is 6.14. The second kappa shape index (κ2) is 9.16. The fourth-order valence-corrected chi connectivity index (χ4v) is 3.49. The van der Waals surface area contributed by atoms with Crippen molar-refractivity contribution in [3.63, 3.8) is 0 Å². The molecule has 1 heterocycles. The molecule has 3 aromatic carbocycles. The van der Waals surface area contributed by atoms with Crippen molar-refractivity contribution in [1.29, 1.82) is 0 Å². The van der Waals surface area contributed by atoms with Gasteiger partial charge in [-0.15, -0.1) is 0 Å². The van der Waals surface area contributed by atoms with Crippen LogP contribution in [0.1, 0.15) is 11.1 Å². The maximum Gasteiger partial charge on any atom is 0.282 e. The Hall–Kier alpha value is -3.77. The Morgan fingerprint density at radius 2 is 1.50 bits per heavy atom. The molecule has 0 aliphatic carbocycles. The van der Waals surface area contributed by atoms with Gasteiger partial charge in [-0.25, -0.2) is 4.99 Å². The van der Waals surface area contributed by atoms with Gasteiger partial charge in [-0.2, -0.15) is 0 Å². The molecular weight excluding hydrogens is 428 g/mol. The zero-order valence-electron chi connectivity index (χ0n) is 17.8. The number of nitrogens with zero attached hydrogens (tertiary/aromatic N) is 2. The van der Waals surface area contributed by atoms with E-state index in [1.165, 1.54) is 0 Å². The van der Waals surface area contributed by atoms with Gasteiger partial charge in [0.1, 0.15) is 28.8 Å². The maximum absolute atomic E-state index is 13.4. The highest BCUT2D eigenvalue weighted by molar-refractivity contribution is 6.34. The largest absolute Gasteiger partial charge is 0.497 e. The topological polar surface area (TPSA) is 60.4 Å². The Morgan fingerprint density at radius 3 is 2.12 bits per heavy atom. The molecule has 0 saturated heterocycles. The molecule has 4 rings (SSSR count). The van der Waals surface area contributed by atoms with E-state index in [9.17, 15) is 4.79 Å². The van der Waals surface area contributed by atoms with Gasteiger partial charge in [-0.1, -0.05) is 11.6 Å². The number of carbonyl (C=O) groups is 1. The second-order valence-electron chi connectivity index (χ2n) is 6.92. The Morgan fingerprint density at radius 1 is 0.844 bits per heavy atom. The highest BCUT2D eigenvalue weighted by atomic mass is 35.5. The summed E-state index contributed by atoms with van der Waals surface area (Å²) in [6, 6.07) is 19.8. The molecule has 0 fully saturated rings. The molecule has 0 N–H and O–H groups in total. The van der Waals surface area contributed by atoms with Crippen LogP contribution in [0.15, 0.2) is 77.4 Å². The summed E-state index contributed by atoms with van der Waals surface area (Å²) in [6.45, 7) is 0. The lowest BCUT2D eigenvalue weighted by Gasteiger charge is -2.18. The molecule has 162 valence electrons. The molecule has 0 aromatic heterocycles. The minimum absolute atomic E-state index is 0.254. The van der Waals surface area contributed by atoms with Crippen LogP contribution in [0.25, 0.3) is 6.08 Å². The van der Waals surface area contributed by atoms with E-state index in [1.54, 1.807) is 68.7 Å². The molecule has 1 aliphatic heterocycles. The molecule has 0 unspecified atom stereocenters. The van der Waals surface area contributed by atoms with Crippen molar-refractivity contribution in [2.24, 2.45) is 4.99 Å². The Labute approximate surface area is 191 Å². The predicted octanol–water partition coefficient (Wildman–Crippen LogP) is 5.20. The van der Waals surface area contributed by atoms with E-state index in [1.807, 2.05) is 30.3 Å². The van der Waals surface area contributed by atoms with Crippen LogP contribution in [0.4, 0.5) is 5.69 Å². The van der Waals surface area contributed by atoms with Gasteiger partial charge in [-0.05, 0) is 66.7 Å². The molecule has 0 spiro atoms. The van der Waals surface area contributed by atoms with Crippen molar-refractivity contribution >= 4 is 35.1 Å². The van der Waals surface area contributed by atoms with E-state index in [0.29, 0.717) is 33.6 Å². The molecular formula is C25H21ClN2O4. The van der Waals surface area contributed by atoms with Gasteiger partial charge >= 0.3 is 0 Å². The first-order chi connectivity index (χ1) is 15.5. The summed E-state index contributed by atoms with van der Waals surface area (Å²) >= 11 is 6.05. The lowest BCUT2D eigenvalue weighted by Crippen LogP contribution is -2.32. The summed E-state index contributed by atoms with van der Waals surface area (Å²) in [5, 5.41) is 0.585. The number of rotatable bonds is 6. The third kappa shape index (κ3) is 4.18. The molecule has 1 amide bonds. The van der Waals surface area contributed by atoms with Crippen LogP contribution >= 0.6 is 11.6 Å². The van der Waals surface area contributed by atoms with Crippen LogP contribution in [0.2, 0.25) is 5.02 Å². The number of aliphatic imine (C=N–C) groups is 1. The number of amidine groups is 1. The van der Waals surface area contributed by atoms with Crippen LogP contribution in [-0.4, -0.2) is 33.1 Å². The first-order valence-electron chi connectivity index (χ1n) is 9.81. The van der Waals surface area contributed by atoms with Gasteiger partial charge < -0.3 is 14.2 Å². The smallest absolute Gasteiger partial charge is 0.282 e. The number of ether oxygens (including phenoxy) is 3. The molecule has 1 aliphatic rings. The number of benzene rings is 3. The Bertz CT molecular complexity index is 1200. The number of anilines is 1. The first kappa shape index (κ1) is 21.5. The van der Waals surface area contributed by atoms with E-state index in [4.69, 9.17) is 25.8 Å². The zero-order chi connectivity index (χ0) is 22.7. The molecule has 6 nitrogen and oxygen atoms in total. The standard InChI is InChI=1S/C25H21ClN2O4/c1-30-20-11-4-16(5-12-20)24-27-22(14-17-6-13-21(31-2)15-23(17)32-3)25(29)28(24)19-9-7-18(26)8-10-19/h4-15H,1-3H3/b22-14+. The highest BCUT2D eigenvalue weighted by Gasteiger charge is 2.32. The minimum Gasteiger partial charge on any atom is -0.497 e. The summed E-state index contributed by atoms with van der Waals surface area (Å²) in [5.74, 6) is 2.22. The van der Waals surface area contributed by atoms with E-state index < -0.39 is 0 Å². The third-order valence-electron chi connectivity index (χ3n) is 5.03. The summed E-state index contributed by atoms with van der Waals surface area (Å²) in [7, 11) is 4.76. The fraction of sp³-hybridized carbons (Fsp3) is 0.120. The first-order valence-corrected chi connectivity index (χ1v) is 10.2. The van der Waals surface area contributed by atoms with Crippen LogP contribution in [0, 0.1) is 0 Å². The molecule has 0 saturated carbocycles. The molecule has 0 bridgehead atoms. The third-order valence-corrected chi connectivity index (χ3v) is 5.28. The molecule has 0 radical (unpaired) electrons. The minimum atomic E-state index is -0.254. The monoisotopic (exact) mass is 448 g/mol. The molecule has 32 heavy (non-hydrogen) atoms. The SMILES string of the molecule is COc1ccc(C2=N/C(=C/c3ccc(OC)cc3OC)C(=O)N2c2ccc(Cl)cc2)cc1.